The Morgan fingerprint density at radius 2 is 2.00 bits per heavy atom. The highest BCUT2D eigenvalue weighted by Gasteiger charge is 2.20. The Morgan fingerprint density at radius 3 is 2.44 bits per heavy atom. The van der Waals surface area contributed by atoms with Crippen LogP contribution in [0.2, 0.25) is 5.02 Å². The summed E-state index contributed by atoms with van der Waals surface area (Å²) in [6.45, 7) is 3.87. The maximum absolute atomic E-state index is 12.2. The third-order valence-electron chi connectivity index (χ3n) is 2.64. The highest BCUT2D eigenvalue weighted by atomic mass is 35.5. The van der Waals surface area contributed by atoms with Crippen LogP contribution in [0, 0.1) is 0 Å². The molecule has 0 aromatic heterocycles. The lowest BCUT2D eigenvalue weighted by Gasteiger charge is -2.22. The minimum Gasteiger partial charge on any atom is -0.496 e. The van der Waals surface area contributed by atoms with E-state index in [1.54, 1.807) is 18.0 Å². The molecular weight excluding hydrogens is 275 g/mol. The number of ether oxygens (including phenoxy) is 1. The normalized spacial score (nSPS) is 9.89. The topological polar surface area (TPSA) is 55.6 Å². The SMILES string of the molecule is COc1cc(N)c(Cl)cc1C(=O)N(C)C(C)C.Cl. The second-order valence-corrected chi connectivity index (χ2v) is 4.49. The van der Waals surface area contributed by atoms with Gasteiger partial charge in [-0.2, -0.15) is 0 Å². The molecule has 0 saturated carbocycles. The first-order chi connectivity index (χ1) is 7.88. The van der Waals surface area contributed by atoms with Crippen molar-refractivity contribution in [3.8, 4) is 5.75 Å². The number of hydrogen-bond donors (Lipinski definition) is 1. The minimum atomic E-state index is -0.140. The summed E-state index contributed by atoms with van der Waals surface area (Å²) < 4.78 is 5.15. The predicted octanol–water partition coefficient (Wildman–Crippen LogP) is 2.83. The van der Waals surface area contributed by atoms with Gasteiger partial charge in [0.1, 0.15) is 5.75 Å². The summed E-state index contributed by atoms with van der Waals surface area (Å²) in [4.78, 5) is 13.8. The van der Waals surface area contributed by atoms with Gasteiger partial charge in [0.05, 0.1) is 23.4 Å². The van der Waals surface area contributed by atoms with Gasteiger partial charge in [-0.1, -0.05) is 11.6 Å². The minimum absolute atomic E-state index is 0. The molecule has 2 N–H and O–H groups in total. The molecule has 1 amide bonds. The van der Waals surface area contributed by atoms with Gasteiger partial charge in [-0.25, -0.2) is 0 Å². The van der Waals surface area contributed by atoms with Gasteiger partial charge in [0, 0.05) is 19.2 Å². The Labute approximate surface area is 118 Å². The number of anilines is 1. The van der Waals surface area contributed by atoms with Crippen LogP contribution in [0.25, 0.3) is 0 Å². The zero-order valence-electron chi connectivity index (χ0n) is 10.9. The van der Waals surface area contributed by atoms with Gasteiger partial charge in [-0.3, -0.25) is 4.79 Å². The van der Waals surface area contributed by atoms with Crippen LogP contribution >= 0.6 is 24.0 Å². The van der Waals surface area contributed by atoms with Crippen molar-refractivity contribution >= 4 is 35.6 Å². The predicted molar refractivity (Wildman–Crippen MR) is 76.9 cm³/mol. The van der Waals surface area contributed by atoms with Crippen LogP contribution in [-0.4, -0.2) is 31.0 Å². The van der Waals surface area contributed by atoms with Crippen LogP contribution in [-0.2, 0) is 0 Å². The zero-order chi connectivity index (χ0) is 13.2. The number of nitrogen functional groups attached to an aromatic ring is 1. The van der Waals surface area contributed by atoms with Crippen LogP contribution in [0.1, 0.15) is 24.2 Å². The lowest BCUT2D eigenvalue weighted by atomic mass is 10.1. The van der Waals surface area contributed by atoms with Crippen molar-refractivity contribution in [3.63, 3.8) is 0 Å². The van der Waals surface area contributed by atoms with E-state index < -0.39 is 0 Å². The van der Waals surface area contributed by atoms with Gasteiger partial charge < -0.3 is 15.4 Å². The summed E-state index contributed by atoms with van der Waals surface area (Å²) in [5, 5.41) is 0.353. The van der Waals surface area contributed by atoms with Crippen molar-refractivity contribution in [3.05, 3.63) is 22.7 Å². The van der Waals surface area contributed by atoms with Gasteiger partial charge in [-0.05, 0) is 19.9 Å². The molecule has 0 saturated heterocycles. The van der Waals surface area contributed by atoms with Gasteiger partial charge in [-0.15, -0.1) is 12.4 Å². The van der Waals surface area contributed by atoms with Gasteiger partial charge in [0.25, 0.3) is 5.91 Å². The Morgan fingerprint density at radius 1 is 1.44 bits per heavy atom. The van der Waals surface area contributed by atoms with Crippen LogP contribution in [0.15, 0.2) is 12.1 Å². The molecule has 18 heavy (non-hydrogen) atoms. The lowest BCUT2D eigenvalue weighted by molar-refractivity contribution is 0.0751. The third-order valence-corrected chi connectivity index (χ3v) is 2.97. The molecule has 0 aliphatic rings. The number of amides is 1. The van der Waals surface area contributed by atoms with Crippen molar-refractivity contribution in [1.29, 1.82) is 0 Å². The molecule has 0 heterocycles. The molecule has 0 atom stereocenters. The van der Waals surface area contributed by atoms with Crippen LogP contribution in [0.4, 0.5) is 5.69 Å². The van der Waals surface area contributed by atoms with E-state index in [1.807, 2.05) is 13.8 Å². The summed E-state index contributed by atoms with van der Waals surface area (Å²) in [5.41, 5.74) is 6.48. The molecule has 0 unspecified atom stereocenters. The summed E-state index contributed by atoms with van der Waals surface area (Å²) >= 11 is 5.92. The Kier molecular flexibility index (Phi) is 6.29. The first-order valence-electron chi connectivity index (χ1n) is 5.28. The number of methoxy groups -OCH3 is 1. The second kappa shape index (κ2) is 6.71. The molecular formula is C12H18Cl2N2O2. The van der Waals surface area contributed by atoms with E-state index >= 15 is 0 Å². The molecule has 6 heteroatoms. The van der Waals surface area contributed by atoms with Gasteiger partial charge >= 0.3 is 0 Å². The number of benzene rings is 1. The molecule has 0 aliphatic heterocycles. The fraction of sp³-hybridized carbons (Fsp3) is 0.417. The number of halogens is 2. The van der Waals surface area contributed by atoms with Crippen molar-refractivity contribution in [2.45, 2.75) is 19.9 Å². The molecule has 0 spiro atoms. The van der Waals surface area contributed by atoms with E-state index in [9.17, 15) is 4.79 Å². The second-order valence-electron chi connectivity index (χ2n) is 4.08. The van der Waals surface area contributed by atoms with Gasteiger partial charge in [0.15, 0.2) is 0 Å². The number of carbonyl (C=O) groups is 1. The van der Waals surface area contributed by atoms with Crippen LogP contribution in [0.5, 0.6) is 5.75 Å². The number of hydrogen-bond acceptors (Lipinski definition) is 3. The Bertz CT molecular complexity index is 436. The largest absolute Gasteiger partial charge is 0.496 e. The molecule has 102 valence electrons. The Hall–Kier alpha value is -1.13. The van der Waals surface area contributed by atoms with Crippen LogP contribution in [0.3, 0.4) is 0 Å². The molecule has 1 aromatic rings. The standard InChI is InChI=1S/C12H17ClN2O2.ClH/c1-7(2)15(3)12(16)8-5-9(13)10(14)6-11(8)17-4;/h5-7H,14H2,1-4H3;1H. The summed E-state index contributed by atoms with van der Waals surface area (Å²) in [6.07, 6.45) is 0. The number of rotatable bonds is 3. The van der Waals surface area contributed by atoms with E-state index in [0.29, 0.717) is 22.0 Å². The van der Waals surface area contributed by atoms with E-state index in [2.05, 4.69) is 0 Å². The molecule has 1 aromatic carbocycles. The molecule has 0 radical (unpaired) electrons. The van der Waals surface area contributed by atoms with E-state index in [4.69, 9.17) is 22.1 Å². The molecule has 0 aliphatic carbocycles. The van der Waals surface area contributed by atoms with E-state index in [-0.39, 0.29) is 24.4 Å². The Balaban J connectivity index is 0.00000289. The number of nitrogens with zero attached hydrogens (tertiary/aromatic N) is 1. The molecule has 0 fully saturated rings. The zero-order valence-corrected chi connectivity index (χ0v) is 12.4. The van der Waals surface area contributed by atoms with E-state index in [1.165, 1.54) is 13.2 Å². The van der Waals surface area contributed by atoms with Crippen LogP contribution < -0.4 is 10.5 Å². The maximum atomic E-state index is 12.2. The summed E-state index contributed by atoms with van der Waals surface area (Å²) in [5.74, 6) is 0.295. The summed E-state index contributed by atoms with van der Waals surface area (Å²) in [6, 6.07) is 3.20. The first kappa shape index (κ1) is 16.9. The van der Waals surface area contributed by atoms with E-state index in [0.717, 1.165) is 0 Å². The average Bonchev–Trinajstić information content (AvgIpc) is 2.29. The van der Waals surface area contributed by atoms with Gasteiger partial charge in [0.2, 0.25) is 0 Å². The highest BCUT2D eigenvalue weighted by molar-refractivity contribution is 6.33. The molecule has 0 bridgehead atoms. The molecule has 4 nitrogen and oxygen atoms in total. The lowest BCUT2D eigenvalue weighted by Crippen LogP contribution is -2.33. The fourth-order valence-corrected chi connectivity index (χ4v) is 1.49. The highest BCUT2D eigenvalue weighted by Crippen LogP contribution is 2.29. The maximum Gasteiger partial charge on any atom is 0.257 e. The fourth-order valence-electron chi connectivity index (χ4n) is 1.33. The smallest absolute Gasteiger partial charge is 0.257 e. The average molecular weight is 293 g/mol. The number of carbonyl (C=O) groups excluding carboxylic acids is 1. The van der Waals surface area contributed by atoms with Crippen molar-refractivity contribution in [2.24, 2.45) is 0 Å². The van der Waals surface area contributed by atoms with Crippen molar-refractivity contribution < 1.29 is 9.53 Å². The van der Waals surface area contributed by atoms with Crippen molar-refractivity contribution in [1.82, 2.24) is 4.90 Å². The number of nitrogens with two attached hydrogens (primary N) is 1. The third kappa shape index (κ3) is 3.43. The first-order valence-corrected chi connectivity index (χ1v) is 5.66. The monoisotopic (exact) mass is 292 g/mol. The quantitative estimate of drug-likeness (QED) is 0.872. The summed E-state index contributed by atoms with van der Waals surface area (Å²) in [7, 11) is 3.23. The van der Waals surface area contributed by atoms with Crippen molar-refractivity contribution in [2.75, 3.05) is 19.9 Å². The molecule has 1 rings (SSSR count).